The highest BCUT2D eigenvalue weighted by Gasteiger charge is 2.17. The Bertz CT molecular complexity index is 964. The topological polar surface area (TPSA) is 62.3 Å². The first-order valence-corrected chi connectivity index (χ1v) is 9.94. The van der Waals surface area contributed by atoms with Crippen molar-refractivity contribution in [3.8, 4) is 0 Å². The Balaban J connectivity index is 1.68. The van der Waals surface area contributed by atoms with Gasteiger partial charge in [0, 0.05) is 7.05 Å². The van der Waals surface area contributed by atoms with E-state index in [9.17, 15) is 9.59 Å². The fraction of sp³-hybridized carbons (Fsp3) is 0.235. The number of thiazole rings is 1. The van der Waals surface area contributed by atoms with Gasteiger partial charge in [0.2, 0.25) is 5.91 Å². The summed E-state index contributed by atoms with van der Waals surface area (Å²) in [7, 11) is 1.61. The lowest BCUT2D eigenvalue weighted by molar-refractivity contribution is -0.116. The van der Waals surface area contributed by atoms with Crippen LogP contribution in [0.4, 0.5) is 5.13 Å². The number of aromatic nitrogens is 1. The molecule has 0 bridgehead atoms. The average molecular weight is 438 g/mol. The molecule has 8 heteroatoms. The highest BCUT2D eigenvalue weighted by atomic mass is 79.9. The molecule has 0 radical (unpaired) electrons. The maximum atomic E-state index is 12.3. The number of rotatable bonds is 4. The van der Waals surface area contributed by atoms with E-state index in [4.69, 9.17) is 0 Å². The van der Waals surface area contributed by atoms with Gasteiger partial charge in [-0.15, -0.1) is 11.3 Å². The number of amides is 2. The highest BCUT2D eigenvalue weighted by molar-refractivity contribution is 9.11. The Hall–Kier alpha value is -1.77. The van der Waals surface area contributed by atoms with Crippen LogP contribution >= 0.6 is 38.6 Å². The molecular formula is C17H16BrN3O2S2. The zero-order chi connectivity index (χ0) is 18.1. The summed E-state index contributed by atoms with van der Waals surface area (Å²) < 4.78 is 1.93. The van der Waals surface area contributed by atoms with E-state index in [1.807, 2.05) is 19.9 Å². The molecule has 0 saturated heterocycles. The molecule has 0 fully saturated rings. The molecule has 1 aromatic carbocycles. The number of hydrogen-bond acceptors (Lipinski definition) is 5. The number of carbonyl (C=O) groups excluding carboxylic acids is 2. The van der Waals surface area contributed by atoms with E-state index in [-0.39, 0.29) is 18.4 Å². The van der Waals surface area contributed by atoms with Gasteiger partial charge < -0.3 is 10.2 Å². The number of halogens is 1. The van der Waals surface area contributed by atoms with Gasteiger partial charge in [-0.3, -0.25) is 9.59 Å². The van der Waals surface area contributed by atoms with Gasteiger partial charge in [-0.1, -0.05) is 17.4 Å². The van der Waals surface area contributed by atoms with Gasteiger partial charge in [0.25, 0.3) is 5.91 Å². The fourth-order valence-corrected chi connectivity index (χ4v) is 4.93. The minimum atomic E-state index is -0.264. The van der Waals surface area contributed by atoms with Crippen molar-refractivity contribution in [2.24, 2.45) is 0 Å². The van der Waals surface area contributed by atoms with Crippen LogP contribution in [0.2, 0.25) is 0 Å². The summed E-state index contributed by atoms with van der Waals surface area (Å²) in [5.74, 6) is -0.443. The van der Waals surface area contributed by atoms with Crippen LogP contribution in [-0.2, 0) is 4.79 Å². The maximum absolute atomic E-state index is 12.3. The molecule has 0 saturated carbocycles. The smallest absolute Gasteiger partial charge is 0.264 e. The van der Waals surface area contributed by atoms with Crippen molar-refractivity contribution >= 4 is 65.8 Å². The van der Waals surface area contributed by atoms with Gasteiger partial charge >= 0.3 is 0 Å². The fourth-order valence-electron chi connectivity index (χ4n) is 2.49. The first kappa shape index (κ1) is 18.0. The number of nitrogens with one attached hydrogen (secondary N) is 1. The number of likely N-dealkylation sites (N-methyl/N-ethyl adjacent to an activating group) is 1. The molecule has 2 aromatic heterocycles. The van der Waals surface area contributed by atoms with E-state index in [0.717, 1.165) is 19.6 Å². The van der Waals surface area contributed by atoms with E-state index >= 15 is 0 Å². The van der Waals surface area contributed by atoms with E-state index in [0.29, 0.717) is 10.0 Å². The van der Waals surface area contributed by atoms with Crippen LogP contribution in [0.15, 0.2) is 28.1 Å². The van der Waals surface area contributed by atoms with Crippen LogP contribution in [0.25, 0.3) is 10.2 Å². The summed E-state index contributed by atoms with van der Waals surface area (Å²) in [6.45, 7) is 4.02. The normalized spacial score (nSPS) is 10.9. The molecule has 0 unspecified atom stereocenters. The van der Waals surface area contributed by atoms with Crippen molar-refractivity contribution in [1.82, 2.24) is 9.88 Å². The van der Waals surface area contributed by atoms with E-state index in [1.165, 1.54) is 33.1 Å². The second kappa shape index (κ2) is 7.23. The lowest BCUT2D eigenvalue weighted by atomic mass is 10.1. The summed E-state index contributed by atoms with van der Waals surface area (Å²) in [4.78, 5) is 31.0. The van der Waals surface area contributed by atoms with Crippen molar-refractivity contribution in [1.29, 1.82) is 0 Å². The van der Waals surface area contributed by atoms with Crippen molar-refractivity contribution in [2.45, 2.75) is 13.8 Å². The van der Waals surface area contributed by atoms with Crippen molar-refractivity contribution < 1.29 is 9.59 Å². The molecule has 130 valence electrons. The van der Waals surface area contributed by atoms with Gasteiger partial charge in [0.05, 0.1) is 25.4 Å². The van der Waals surface area contributed by atoms with Crippen LogP contribution in [0.5, 0.6) is 0 Å². The third-order valence-corrected chi connectivity index (χ3v) is 6.12. The van der Waals surface area contributed by atoms with E-state index < -0.39 is 0 Å². The van der Waals surface area contributed by atoms with Gasteiger partial charge in [-0.05, 0) is 59.1 Å². The Kier molecular flexibility index (Phi) is 5.21. The summed E-state index contributed by atoms with van der Waals surface area (Å²) in [6.07, 6.45) is 0. The maximum Gasteiger partial charge on any atom is 0.264 e. The van der Waals surface area contributed by atoms with E-state index in [1.54, 1.807) is 13.1 Å². The number of anilines is 1. The second-order valence-electron chi connectivity index (χ2n) is 5.76. The number of hydrogen-bond donors (Lipinski definition) is 1. The Morgan fingerprint density at radius 1 is 1.24 bits per heavy atom. The third-order valence-electron chi connectivity index (χ3n) is 3.59. The van der Waals surface area contributed by atoms with E-state index in [2.05, 4.69) is 38.4 Å². The lowest BCUT2D eigenvalue weighted by Gasteiger charge is -2.15. The first-order valence-electron chi connectivity index (χ1n) is 7.52. The highest BCUT2D eigenvalue weighted by Crippen LogP contribution is 2.29. The molecule has 0 spiro atoms. The molecule has 0 atom stereocenters. The first-order chi connectivity index (χ1) is 11.8. The standard InChI is InChI=1S/C17H16BrN3O2S2/c1-9-6-10(2)15-12(7-9)25-17(20-15)19-14(22)8-21(3)16(23)11-4-5-13(18)24-11/h4-7H,8H2,1-3H3,(H,19,20,22). The summed E-state index contributed by atoms with van der Waals surface area (Å²) >= 11 is 6.12. The average Bonchev–Trinajstić information content (AvgIpc) is 3.12. The number of carbonyl (C=O) groups is 2. The molecule has 3 aromatic rings. The predicted octanol–water partition coefficient (Wildman–Crippen LogP) is 4.45. The van der Waals surface area contributed by atoms with Crippen LogP contribution in [0.3, 0.4) is 0 Å². The molecule has 2 heterocycles. The number of fused-ring (bicyclic) bond motifs is 1. The SMILES string of the molecule is Cc1cc(C)c2nc(NC(=O)CN(C)C(=O)c3ccc(Br)s3)sc2c1. The molecule has 5 nitrogen and oxygen atoms in total. The summed E-state index contributed by atoms with van der Waals surface area (Å²) in [6, 6.07) is 7.68. The number of nitrogens with zero attached hydrogens (tertiary/aromatic N) is 2. The number of benzene rings is 1. The van der Waals surface area contributed by atoms with Crippen molar-refractivity contribution in [3.05, 3.63) is 44.1 Å². The number of aryl methyl sites for hydroxylation is 2. The van der Waals surface area contributed by atoms with Gasteiger partial charge in [0.15, 0.2) is 5.13 Å². The molecule has 1 N–H and O–H groups in total. The van der Waals surface area contributed by atoms with Crippen molar-refractivity contribution in [2.75, 3.05) is 18.9 Å². The van der Waals surface area contributed by atoms with Gasteiger partial charge in [-0.2, -0.15) is 0 Å². The second-order valence-corrected chi connectivity index (χ2v) is 9.25. The Morgan fingerprint density at radius 3 is 2.68 bits per heavy atom. The molecule has 2 amide bonds. The quantitative estimate of drug-likeness (QED) is 0.655. The zero-order valence-electron chi connectivity index (χ0n) is 13.9. The van der Waals surface area contributed by atoms with Crippen molar-refractivity contribution in [3.63, 3.8) is 0 Å². The minimum Gasteiger partial charge on any atom is -0.332 e. The Labute approximate surface area is 161 Å². The van der Waals surface area contributed by atoms with Gasteiger partial charge in [-0.25, -0.2) is 4.98 Å². The van der Waals surface area contributed by atoms with Crippen LogP contribution in [0.1, 0.15) is 20.8 Å². The van der Waals surface area contributed by atoms with Gasteiger partial charge in [0.1, 0.15) is 0 Å². The molecule has 3 rings (SSSR count). The Morgan fingerprint density at radius 2 is 2.00 bits per heavy atom. The summed E-state index contributed by atoms with van der Waals surface area (Å²) in [5, 5.41) is 3.34. The minimum absolute atomic E-state index is 0.0255. The van der Waals surface area contributed by atoms with Crippen LogP contribution < -0.4 is 5.32 Å². The molecule has 0 aliphatic rings. The van der Waals surface area contributed by atoms with Crippen LogP contribution in [0, 0.1) is 13.8 Å². The molecule has 25 heavy (non-hydrogen) atoms. The predicted molar refractivity (Wildman–Crippen MR) is 107 cm³/mol. The largest absolute Gasteiger partial charge is 0.332 e. The zero-order valence-corrected chi connectivity index (χ0v) is 17.1. The number of thiophene rings is 1. The molecule has 0 aliphatic heterocycles. The molecule has 0 aliphatic carbocycles. The lowest BCUT2D eigenvalue weighted by Crippen LogP contribution is -2.34. The monoisotopic (exact) mass is 437 g/mol. The molecular weight excluding hydrogens is 422 g/mol. The van der Waals surface area contributed by atoms with Crippen LogP contribution in [-0.4, -0.2) is 35.3 Å². The summed E-state index contributed by atoms with van der Waals surface area (Å²) in [5.41, 5.74) is 3.15. The third kappa shape index (κ3) is 4.08.